The molecule has 4 rings (SSSR count). The van der Waals surface area contributed by atoms with E-state index >= 15 is 0 Å². The number of aryl methyl sites for hydroxylation is 1. The van der Waals surface area contributed by atoms with E-state index in [2.05, 4.69) is 39.9 Å². The van der Waals surface area contributed by atoms with Gasteiger partial charge >= 0.3 is 0 Å². The van der Waals surface area contributed by atoms with E-state index in [0.29, 0.717) is 12.1 Å². The standard InChI is InChI=1S/C29H31N3O2/c1-19(2)27(32-28(33)22-14-8-7-11-20(22)3)29(34)31-17-24(21-12-5-4-6-13-21)25-18-30-26-16-10-9-15-23(25)26/h4-16,18-19,24,27,30H,17H2,1-3H3,(H,31,34)(H,32,33)/t24-,27+/m0/s1. The van der Waals surface area contributed by atoms with Gasteiger partial charge in [-0.2, -0.15) is 0 Å². The van der Waals surface area contributed by atoms with Crippen molar-refractivity contribution in [2.24, 2.45) is 5.92 Å². The van der Waals surface area contributed by atoms with Gasteiger partial charge in [0.25, 0.3) is 5.91 Å². The lowest BCUT2D eigenvalue weighted by molar-refractivity contribution is -0.123. The smallest absolute Gasteiger partial charge is 0.252 e. The number of amides is 2. The molecule has 1 heterocycles. The number of aromatic amines is 1. The molecule has 174 valence electrons. The van der Waals surface area contributed by atoms with Crippen LogP contribution >= 0.6 is 0 Å². The Bertz CT molecular complexity index is 1280. The predicted octanol–water partition coefficient (Wildman–Crippen LogP) is 5.18. The second-order valence-corrected chi connectivity index (χ2v) is 9.01. The molecule has 0 fully saturated rings. The van der Waals surface area contributed by atoms with Gasteiger partial charge in [0, 0.05) is 35.1 Å². The Morgan fingerprint density at radius 3 is 2.29 bits per heavy atom. The number of H-pyrrole nitrogens is 1. The van der Waals surface area contributed by atoms with E-state index < -0.39 is 6.04 Å². The Balaban J connectivity index is 1.54. The van der Waals surface area contributed by atoms with Crippen LogP contribution in [-0.2, 0) is 4.79 Å². The molecule has 0 saturated carbocycles. The fourth-order valence-electron chi connectivity index (χ4n) is 4.37. The van der Waals surface area contributed by atoms with Crippen molar-refractivity contribution >= 4 is 22.7 Å². The number of hydrogen-bond donors (Lipinski definition) is 3. The monoisotopic (exact) mass is 453 g/mol. The first-order chi connectivity index (χ1) is 16.5. The number of fused-ring (bicyclic) bond motifs is 1. The largest absolute Gasteiger partial charge is 0.361 e. The van der Waals surface area contributed by atoms with Gasteiger partial charge in [-0.05, 0) is 41.7 Å². The summed E-state index contributed by atoms with van der Waals surface area (Å²) >= 11 is 0. The highest BCUT2D eigenvalue weighted by atomic mass is 16.2. The van der Waals surface area contributed by atoms with Crippen molar-refractivity contribution in [1.29, 1.82) is 0 Å². The summed E-state index contributed by atoms with van der Waals surface area (Å²) in [4.78, 5) is 29.5. The molecule has 3 aromatic carbocycles. The molecule has 4 aromatic rings. The van der Waals surface area contributed by atoms with E-state index in [0.717, 1.165) is 27.6 Å². The fraction of sp³-hybridized carbons (Fsp3) is 0.241. The van der Waals surface area contributed by atoms with Crippen LogP contribution in [0.4, 0.5) is 0 Å². The van der Waals surface area contributed by atoms with Gasteiger partial charge in [-0.1, -0.05) is 80.6 Å². The van der Waals surface area contributed by atoms with E-state index in [1.807, 2.05) is 75.5 Å². The van der Waals surface area contributed by atoms with Crippen LogP contribution in [0.1, 0.15) is 46.8 Å². The zero-order valence-electron chi connectivity index (χ0n) is 19.8. The summed E-state index contributed by atoms with van der Waals surface area (Å²) in [7, 11) is 0. The van der Waals surface area contributed by atoms with Gasteiger partial charge in [-0.15, -0.1) is 0 Å². The minimum atomic E-state index is -0.633. The molecule has 0 radical (unpaired) electrons. The van der Waals surface area contributed by atoms with Crippen molar-refractivity contribution in [1.82, 2.24) is 15.6 Å². The third-order valence-corrected chi connectivity index (χ3v) is 6.30. The highest BCUT2D eigenvalue weighted by molar-refractivity contribution is 5.98. The molecule has 5 heteroatoms. The molecule has 0 spiro atoms. The van der Waals surface area contributed by atoms with E-state index in [4.69, 9.17) is 0 Å². The van der Waals surface area contributed by atoms with Crippen LogP contribution in [0, 0.1) is 12.8 Å². The summed E-state index contributed by atoms with van der Waals surface area (Å²) in [5.41, 5.74) is 4.79. The zero-order chi connectivity index (χ0) is 24.1. The highest BCUT2D eigenvalue weighted by Crippen LogP contribution is 2.30. The summed E-state index contributed by atoms with van der Waals surface area (Å²) in [5, 5.41) is 7.20. The number of aromatic nitrogens is 1. The first-order valence-electron chi connectivity index (χ1n) is 11.7. The molecule has 2 atom stereocenters. The molecule has 0 bridgehead atoms. The van der Waals surface area contributed by atoms with Crippen molar-refractivity contribution in [2.75, 3.05) is 6.54 Å². The first-order valence-corrected chi connectivity index (χ1v) is 11.7. The molecule has 0 unspecified atom stereocenters. The van der Waals surface area contributed by atoms with Crippen LogP contribution < -0.4 is 10.6 Å². The summed E-state index contributed by atoms with van der Waals surface area (Å²) in [6.45, 7) is 6.20. The number of benzene rings is 3. The van der Waals surface area contributed by atoms with Crippen molar-refractivity contribution in [3.05, 3.63) is 107 Å². The second-order valence-electron chi connectivity index (χ2n) is 9.01. The molecular formula is C29H31N3O2. The first kappa shape index (κ1) is 23.3. The van der Waals surface area contributed by atoms with Crippen LogP contribution in [-0.4, -0.2) is 29.4 Å². The molecular weight excluding hydrogens is 422 g/mol. The fourth-order valence-corrected chi connectivity index (χ4v) is 4.37. The number of hydrogen-bond acceptors (Lipinski definition) is 2. The van der Waals surface area contributed by atoms with Gasteiger partial charge in [0.2, 0.25) is 5.91 Å². The molecule has 0 aliphatic rings. The Morgan fingerprint density at radius 2 is 1.56 bits per heavy atom. The lowest BCUT2D eigenvalue weighted by Gasteiger charge is -2.24. The number of carbonyl (C=O) groups excluding carboxylic acids is 2. The number of nitrogens with one attached hydrogen (secondary N) is 3. The van der Waals surface area contributed by atoms with Crippen LogP contribution in [0.3, 0.4) is 0 Å². The third-order valence-electron chi connectivity index (χ3n) is 6.30. The van der Waals surface area contributed by atoms with Gasteiger partial charge in [0.15, 0.2) is 0 Å². The summed E-state index contributed by atoms with van der Waals surface area (Å²) in [6, 6.07) is 25.1. The Morgan fingerprint density at radius 1 is 0.882 bits per heavy atom. The van der Waals surface area contributed by atoms with Gasteiger partial charge < -0.3 is 15.6 Å². The van der Waals surface area contributed by atoms with Crippen LogP contribution in [0.25, 0.3) is 10.9 Å². The number of para-hydroxylation sites is 1. The van der Waals surface area contributed by atoms with Crippen molar-refractivity contribution in [3.63, 3.8) is 0 Å². The summed E-state index contributed by atoms with van der Waals surface area (Å²) in [6.07, 6.45) is 2.02. The predicted molar refractivity (Wildman–Crippen MR) is 137 cm³/mol. The SMILES string of the molecule is Cc1ccccc1C(=O)N[C@@H](C(=O)NC[C@@H](c1ccccc1)c1c[nH]c2ccccc12)C(C)C. The van der Waals surface area contributed by atoms with E-state index in [9.17, 15) is 9.59 Å². The maximum absolute atomic E-state index is 13.3. The minimum absolute atomic E-state index is 0.0267. The maximum atomic E-state index is 13.3. The van der Waals surface area contributed by atoms with Gasteiger partial charge in [0.1, 0.15) is 6.04 Å². The topological polar surface area (TPSA) is 74.0 Å². The van der Waals surface area contributed by atoms with Crippen LogP contribution in [0.15, 0.2) is 85.1 Å². The van der Waals surface area contributed by atoms with E-state index in [1.54, 1.807) is 6.07 Å². The van der Waals surface area contributed by atoms with Crippen molar-refractivity contribution < 1.29 is 9.59 Å². The lowest BCUT2D eigenvalue weighted by Crippen LogP contribution is -2.50. The maximum Gasteiger partial charge on any atom is 0.252 e. The Kier molecular flexibility index (Phi) is 7.12. The van der Waals surface area contributed by atoms with Gasteiger partial charge in [0.05, 0.1) is 0 Å². The van der Waals surface area contributed by atoms with Gasteiger partial charge in [-0.3, -0.25) is 9.59 Å². The molecule has 1 aromatic heterocycles. The average molecular weight is 454 g/mol. The van der Waals surface area contributed by atoms with Crippen molar-refractivity contribution in [2.45, 2.75) is 32.7 Å². The Hall–Kier alpha value is -3.86. The van der Waals surface area contributed by atoms with E-state index in [-0.39, 0.29) is 23.7 Å². The summed E-state index contributed by atoms with van der Waals surface area (Å²) < 4.78 is 0. The molecule has 3 N–H and O–H groups in total. The highest BCUT2D eigenvalue weighted by Gasteiger charge is 2.27. The third kappa shape index (κ3) is 5.04. The number of rotatable bonds is 8. The minimum Gasteiger partial charge on any atom is -0.361 e. The number of carbonyl (C=O) groups is 2. The second kappa shape index (κ2) is 10.4. The molecule has 0 aliphatic carbocycles. The quantitative estimate of drug-likeness (QED) is 0.344. The summed E-state index contributed by atoms with van der Waals surface area (Å²) in [5.74, 6) is -0.502. The molecule has 5 nitrogen and oxygen atoms in total. The van der Waals surface area contributed by atoms with E-state index in [1.165, 1.54) is 0 Å². The van der Waals surface area contributed by atoms with Crippen molar-refractivity contribution in [3.8, 4) is 0 Å². The van der Waals surface area contributed by atoms with Crippen LogP contribution in [0.5, 0.6) is 0 Å². The normalized spacial score (nSPS) is 12.9. The molecule has 0 saturated heterocycles. The molecule has 0 aliphatic heterocycles. The molecule has 2 amide bonds. The van der Waals surface area contributed by atoms with Gasteiger partial charge in [-0.25, -0.2) is 0 Å². The Labute approximate surface area is 200 Å². The lowest BCUT2D eigenvalue weighted by atomic mass is 9.90. The zero-order valence-corrected chi connectivity index (χ0v) is 19.8. The van der Waals surface area contributed by atoms with Crippen LogP contribution in [0.2, 0.25) is 0 Å². The average Bonchev–Trinajstić information content (AvgIpc) is 3.27. The molecule has 34 heavy (non-hydrogen) atoms.